The SMILES string of the molecule is C=C/C=C(\C=C)C1(C(=C)CC)CCC1. The van der Waals surface area contributed by atoms with E-state index in [0.29, 0.717) is 0 Å². The first-order valence-electron chi connectivity index (χ1n) is 5.35. The average molecular weight is 188 g/mol. The first kappa shape index (κ1) is 11.0. The molecule has 0 atom stereocenters. The van der Waals surface area contributed by atoms with Gasteiger partial charge in [0.15, 0.2) is 0 Å². The molecule has 0 spiro atoms. The predicted octanol–water partition coefficient (Wildman–Crippen LogP) is 4.42. The molecule has 0 amide bonds. The zero-order valence-electron chi connectivity index (χ0n) is 9.18. The van der Waals surface area contributed by atoms with Crippen molar-refractivity contribution >= 4 is 0 Å². The van der Waals surface area contributed by atoms with Gasteiger partial charge in [-0.3, -0.25) is 0 Å². The van der Waals surface area contributed by atoms with E-state index >= 15 is 0 Å². The van der Waals surface area contributed by atoms with E-state index in [1.165, 1.54) is 30.4 Å². The van der Waals surface area contributed by atoms with Crippen LogP contribution in [0, 0.1) is 5.41 Å². The summed E-state index contributed by atoms with van der Waals surface area (Å²) in [6.07, 6.45) is 10.7. The van der Waals surface area contributed by atoms with E-state index in [-0.39, 0.29) is 5.41 Å². The Hall–Kier alpha value is -1.04. The molecule has 14 heavy (non-hydrogen) atoms. The van der Waals surface area contributed by atoms with Crippen LogP contribution in [-0.2, 0) is 0 Å². The van der Waals surface area contributed by atoms with Gasteiger partial charge in [-0.1, -0.05) is 56.9 Å². The average Bonchev–Trinajstić information content (AvgIpc) is 2.14. The molecule has 0 aromatic carbocycles. The van der Waals surface area contributed by atoms with Gasteiger partial charge in [0.2, 0.25) is 0 Å². The predicted molar refractivity (Wildman–Crippen MR) is 64.2 cm³/mol. The van der Waals surface area contributed by atoms with Crippen molar-refractivity contribution < 1.29 is 0 Å². The molecule has 0 unspecified atom stereocenters. The quantitative estimate of drug-likeness (QED) is 0.442. The van der Waals surface area contributed by atoms with Crippen molar-refractivity contribution in [2.75, 3.05) is 0 Å². The van der Waals surface area contributed by atoms with Gasteiger partial charge in [0.25, 0.3) is 0 Å². The third-order valence-electron chi connectivity index (χ3n) is 3.38. The van der Waals surface area contributed by atoms with Crippen LogP contribution >= 0.6 is 0 Å². The normalized spacial score (nSPS) is 19.6. The highest BCUT2D eigenvalue weighted by molar-refractivity contribution is 5.39. The second-order valence-electron chi connectivity index (χ2n) is 3.95. The molecule has 1 aliphatic rings. The number of allylic oxidation sites excluding steroid dienone is 5. The molecular weight excluding hydrogens is 168 g/mol. The highest BCUT2D eigenvalue weighted by atomic mass is 14.4. The lowest BCUT2D eigenvalue weighted by Gasteiger charge is -2.45. The summed E-state index contributed by atoms with van der Waals surface area (Å²) in [5.74, 6) is 0. The van der Waals surface area contributed by atoms with Gasteiger partial charge in [-0.15, -0.1) is 0 Å². The fourth-order valence-electron chi connectivity index (χ4n) is 2.26. The zero-order chi connectivity index (χ0) is 10.6. The summed E-state index contributed by atoms with van der Waals surface area (Å²) in [6, 6.07) is 0. The van der Waals surface area contributed by atoms with Crippen molar-refractivity contribution in [1.82, 2.24) is 0 Å². The minimum Gasteiger partial charge on any atom is -0.0991 e. The standard InChI is InChI=1S/C14H20/c1-5-9-13(7-3)14(10-8-11-14)12(4)6-2/h5,7,9H,1,3-4,6,8,10-11H2,2H3/b13-9+. The van der Waals surface area contributed by atoms with Crippen LogP contribution in [0.3, 0.4) is 0 Å². The van der Waals surface area contributed by atoms with Gasteiger partial charge >= 0.3 is 0 Å². The summed E-state index contributed by atoms with van der Waals surface area (Å²) in [4.78, 5) is 0. The van der Waals surface area contributed by atoms with Gasteiger partial charge in [0, 0.05) is 5.41 Å². The zero-order valence-corrected chi connectivity index (χ0v) is 9.18. The van der Waals surface area contributed by atoms with Gasteiger partial charge in [-0.2, -0.15) is 0 Å². The molecule has 1 rings (SSSR count). The maximum Gasteiger partial charge on any atom is 0.0158 e. The highest BCUT2D eigenvalue weighted by Gasteiger charge is 2.40. The van der Waals surface area contributed by atoms with Crippen molar-refractivity contribution in [3.8, 4) is 0 Å². The highest BCUT2D eigenvalue weighted by Crippen LogP contribution is 2.53. The molecule has 0 N–H and O–H groups in total. The van der Waals surface area contributed by atoms with E-state index in [2.05, 4.69) is 32.7 Å². The summed E-state index contributed by atoms with van der Waals surface area (Å²) in [5, 5.41) is 0. The molecule has 76 valence electrons. The summed E-state index contributed by atoms with van der Waals surface area (Å²) in [6.45, 7) is 14.0. The van der Waals surface area contributed by atoms with Crippen LogP contribution in [0.1, 0.15) is 32.6 Å². The van der Waals surface area contributed by atoms with Crippen molar-refractivity contribution in [3.05, 3.63) is 49.1 Å². The van der Waals surface area contributed by atoms with Crippen molar-refractivity contribution in [2.24, 2.45) is 5.41 Å². The van der Waals surface area contributed by atoms with Gasteiger partial charge in [0.05, 0.1) is 0 Å². The Morgan fingerprint density at radius 3 is 2.29 bits per heavy atom. The van der Waals surface area contributed by atoms with E-state index < -0.39 is 0 Å². The van der Waals surface area contributed by atoms with Crippen LogP contribution in [0.4, 0.5) is 0 Å². The fourth-order valence-corrected chi connectivity index (χ4v) is 2.26. The van der Waals surface area contributed by atoms with Crippen LogP contribution in [0.2, 0.25) is 0 Å². The Labute approximate surface area is 87.7 Å². The molecule has 0 nitrogen and oxygen atoms in total. The molecule has 0 bridgehead atoms. The lowest BCUT2D eigenvalue weighted by atomic mass is 9.59. The topological polar surface area (TPSA) is 0 Å². The summed E-state index contributed by atoms with van der Waals surface area (Å²) in [7, 11) is 0. The molecule has 0 aromatic rings. The third kappa shape index (κ3) is 1.61. The monoisotopic (exact) mass is 188 g/mol. The van der Waals surface area contributed by atoms with Crippen LogP contribution in [0.5, 0.6) is 0 Å². The fraction of sp³-hybridized carbons (Fsp3) is 0.429. The molecule has 0 radical (unpaired) electrons. The van der Waals surface area contributed by atoms with E-state index in [9.17, 15) is 0 Å². The van der Waals surface area contributed by atoms with Gasteiger partial charge in [0.1, 0.15) is 0 Å². The molecule has 0 aromatic heterocycles. The Bertz CT molecular complexity index is 274. The lowest BCUT2D eigenvalue weighted by Crippen LogP contribution is -2.32. The van der Waals surface area contributed by atoms with Gasteiger partial charge in [-0.05, 0) is 24.8 Å². The van der Waals surface area contributed by atoms with Gasteiger partial charge in [-0.25, -0.2) is 0 Å². The summed E-state index contributed by atoms with van der Waals surface area (Å²) < 4.78 is 0. The van der Waals surface area contributed by atoms with Crippen LogP contribution in [0.15, 0.2) is 49.1 Å². The smallest absolute Gasteiger partial charge is 0.0158 e. The Balaban J connectivity index is 2.99. The second kappa shape index (κ2) is 4.45. The summed E-state index contributed by atoms with van der Waals surface area (Å²) >= 11 is 0. The third-order valence-corrected chi connectivity index (χ3v) is 3.38. The minimum absolute atomic E-state index is 0.227. The number of hydrogen-bond donors (Lipinski definition) is 0. The molecule has 0 saturated heterocycles. The van der Waals surface area contributed by atoms with Crippen LogP contribution < -0.4 is 0 Å². The second-order valence-corrected chi connectivity index (χ2v) is 3.95. The van der Waals surface area contributed by atoms with Crippen molar-refractivity contribution in [2.45, 2.75) is 32.6 Å². The van der Waals surface area contributed by atoms with Crippen molar-refractivity contribution in [3.63, 3.8) is 0 Å². The maximum atomic E-state index is 4.20. The van der Waals surface area contributed by atoms with E-state index in [1.807, 2.05) is 12.2 Å². The molecule has 1 aliphatic carbocycles. The number of rotatable bonds is 5. The first-order chi connectivity index (χ1) is 6.71. The Morgan fingerprint density at radius 1 is 1.36 bits per heavy atom. The number of hydrogen-bond acceptors (Lipinski definition) is 0. The minimum atomic E-state index is 0.227. The molecule has 0 heteroatoms. The van der Waals surface area contributed by atoms with E-state index in [0.717, 1.165) is 6.42 Å². The lowest BCUT2D eigenvalue weighted by molar-refractivity contribution is 0.239. The molecular formula is C14H20. The van der Waals surface area contributed by atoms with Crippen LogP contribution in [0.25, 0.3) is 0 Å². The van der Waals surface area contributed by atoms with E-state index in [1.54, 1.807) is 0 Å². The van der Waals surface area contributed by atoms with Crippen molar-refractivity contribution in [1.29, 1.82) is 0 Å². The maximum absolute atomic E-state index is 4.20. The van der Waals surface area contributed by atoms with Gasteiger partial charge < -0.3 is 0 Å². The molecule has 0 heterocycles. The largest absolute Gasteiger partial charge is 0.0991 e. The Kier molecular flexibility index (Phi) is 3.51. The first-order valence-corrected chi connectivity index (χ1v) is 5.35. The van der Waals surface area contributed by atoms with E-state index in [4.69, 9.17) is 0 Å². The molecule has 1 saturated carbocycles. The summed E-state index contributed by atoms with van der Waals surface area (Å²) in [5.41, 5.74) is 2.87. The Morgan fingerprint density at radius 2 is 2.00 bits per heavy atom. The molecule has 0 aliphatic heterocycles. The van der Waals surface area contributed by atoms with Crippen LogP contribution in [-0.4, -0.2) is 0 Å². The molecule has 1 fully saturated rings.